The van der Waals surface area contributed by atoms with Crippen LogP contribution in [0.3, 0.4) is 0 Å². The first-order chi connectivity index (χ1) is 10.7. The lowest BCUT2D eigenvalue weighted by atomic mass is 9.46. The van der Waals surface area contributed by atoms with Crippen molar-refractivity contribution in [3.63, 3.8) is 0 Å². The summed E-state index contributed by atoms with van der Waals surface area (Å²) in [6, 6.07) is 0. The number of carbonyl (C=O) groups is 1. The van der Waals surface area contributed by atoms with E-state index < -0.39 is 0 Å². The molecule has 2 aliphatic rings. The summed E-state index contributed by atoms with van der Waals surface area (Å²) in [4.78, 5) is 11.5. The first-order valence-electron chi connectivity index (χ1n) is 9.77. The average Bonchev–Trinajstić information content (AvgIpc) is 2.45. The van der Waals surface area contributed by atoms with Crippen LogP contribution in [0.4, 0.5) is 0 Å². The predicted molar refractivity (Wildman–Crippen MR) is 96.1 cm³/mol. The zero-order chi connectivity index (χ0) is 17.3. The molecule has 2 aliphatic carbocycles. The average molecular weight is 323 g/mol. The zero-order valence-corrected chi connectivity index (χ0v) is 16.3. The lowest BCUT2D eigenvalue weighted by molar-refractivity contribution is -0.141. The van der Waals surface area contributed by atoms with Crippen LogP contribution in [0.25, 0.3) is 0 Å². The molecule has 0 amide bonds. The maximum atomic E-state index is 11.5. The monoisotopic (exact) mass is 322 g/mol. The lowest BCUT2D eigenvalue weighted by Gasteiger charge is -2.59. The Bertz CT molecular complexity index is 414. The van der Waals surface area contributed by atoms with Crippen molar-refractivity contribution in [2.45, 2.75) is 86.0 Å². The van der Waals surface area contributed by atoms with Gasteiger partial charge in [0.1, 0.15) is 0 Å². The van der Waals surface area contributed by atoms with E-state index in [9.17, 15) is 4.79 Å². The fourth-order valence-electron chi connectivity index (χ4n) is 6.16. The molecule has 134 valence electrons. The smallest absolute Gasteiger partial charge is 0.305 e. The largest absolute Gasteiger partial charge is 0.469 e. The third-order valence-corrected chi connectivity index (χ3v) is 7.43. The molecule has 2 rings (SSSR count). The van der Waals surface area contributed by atoms with E-state index in [4.69, 9.17) is 4.74 Å². The number of fused-ring (bicyclic) bond motifs is 1. The van der Waals surface area contributed by atoms with Crippen LogP contribution in [0, 0.1) is 34.5 Å². The van der Waals surface area contributed by atoms with E-state index in [1.807, 2.05) is 0 Å². The van der Waals surface area contributed by atoms with Crippen molar-refractivity contribution in [3.8, 4) is 0 Å². The van der Waals surface area contributed by atoms with Gasteiger partial charge in [-0.15, -0.1) is 0 Å². The van der Waals surface area contributed by atoms with Crippen molar-refractivity contribution in [2.24, 2.45) is 34.5 Å². The van der Waals surface area contributed by atoms with Crippen LogP contribution < -0.4 is 0 Å². The zero-order valence-electron chi connectivity index (χ0n) is 16.3. The Balaban J connectivity index is 2.05. The summed E-state index contributed by atoms with van der Waals surface area (Å²) in [7, 11) is 1.49. The highest BCUT2D eigenvalue weighted by Gasteiger charge is 2.53. The van der Waals surface area contributed by atoms with Gasteiger partial charge in [0.05, 0.1) is 7.11 Å². The molecule has 2 heteroatoms. The molecule has 0 bridgehead atoms. The Morgan fingerprint density at radius 2 is 1.91 bits per heavy atom. The second-order valence-electron chi connectivity index (χ2n) is 9.52. The van der Waals surface area contributed by atoms with Gasteiger partial charge in [0, 0.05) is 6.42 Å². The van der Waals surface area contributed by atoms with Crippen LogP contribution in [0.15, 0.2) is 0 Å². The number of hydrogen-bond acceptors (Lipinski definition) is 2. The van der Waals surface area contributed by atoms with Gasteiger partial charge in [-0.25, -0.2) is 0 Å². The van der Waals surface area contributed by atoms with Crippen molar-refractivity contribution in [2.75, 3.05) is 7.11 Å². The van der Waals surface area contributed by atoms with Gasteiger partial charge in [-0.2, -0.15) is 0 Å². The van der Waals surface area contributed by atoms with Gasteiger partial charge in [0.25, 0.3) is 0 Å². The third-order valence-electron chi connectivity index (χ3n) is 7.43. The summed E-state index contributed by atoms with van der Waals surface area (Å²) in [5, 5.41) is 0. The molecule has 0 aromatic carbocycles. The van der Waals surface area contributed by atoms with Crippen molar-refractivity contribution >= 4 is 5.97 Å². The number of ether oxygens (including phenoxy) is 1. The highest BCUT2D eigenvalue weighted by molar-refractivity contribution is 5.69. The summed E-state index contributed by atoms with van der Waals surface area (Å²) in [6.07, 6.45) is 10.0. The number of esters is 1. The minimum Gasteiger partial charge on any atom is -0.469 e. The van der Waals surface area contributed by atoms with Crippen LogP contribution in [-0.4, -0.2) is 13.1 Å². The molecule has 2 fully saturated rings. The van der Waals surface area contributed by atoms with E-state index in [0.717, 1.165) is 24.2 Å². The molecule has 0 aromatic heterocycles. The highest BCUT2D eigenvalue weighted by atomic mass is 16.5. The molecule has 0 heterocycles. The number of methoxy groups -OCH3 is 1. The first-order valence-corrected chi connectivity index (χ1v) is 9.77. The fraction of sp³-hybridized carbons (Fsp3) is 0.952. The van der Waals surface area contributed by atoms with E-state index in [-0.39, 0.29) is 5.97 Å². The third kappa shape index (κ3) is 3.94. The maximum Gasteiger partial charge on any atom is 0.305 e. The Morgan fingerprint density at radius 1 is 1.22 bits per heavy atom. The molecule has 0 saturated heterocycles. The SMILES string of the molecule is COC(=O)C[C@@H](C)CC[C@H]1C(C)CC[C@H]2C(C)(C)CCC[C@]12C. The molecule has 0 radical (unpaired) electrons. The Morgan fingerprint density at radius 3 is 2.57 bits per heavy atom. The van der Waals surface area contributed by atoms with Gasteiger partial charge in [-0.05, 0) is 66.6 Å². The second-order valence-corrected chi connectivity index (χ2v) is 9.52. The van der Waals surface area contributed by atoms with Crippen molar-refractivity contribution in [3.05, 3.63) is 0 Å². The molecule has 2 saturated carbocycles. The maximum absolute atomic E-state index is 11.5. The van der Waals surface area contributed by atoms with Crippen molar-refractivity contribution < 1.29 is 9.53 Å². The normalized spacial score (nSPS) is 37.7. The number of rotatable bonds is 5. The summed E-state index contributed by atoms with van der Waals surface area (Å²) in [5.41, 5.74) is 1.01. The van der Waals surface area contributed by atoms with E-state index >= 15 is 0 Å². The van der Waals surface area contributed by atoms with Crippen LogP contribution in [0.1, 0.15) is 86.0 Å². The van der Waals surface area contributed by atoms with Crippen LogP contribution >= 0.6 is 0 Å². The standard InChI is InChI=1S/C21H38O2/c1-15(14-19(22)23-6)8-10-17-16(2)9-11-18-20(3,4)12-7-13-21(17,18)5/h15-18H,7-14H2,1-6H3/t15-,16?,17-,18-,21+/m0/s1. The van der Waals surface area contributed by atoms with E-state index in [1.54, 1.807) is 0 Å². The number of hydrogen-bond donors (Lipinski definition) is 0. The van der Waals surface area contributed by atoms with Gasteiger partial charge >= 0.3 is 5.97 Å². The van der Waals surface area contributed by atoms with Crippen molar-refractivity contribution in [1.82, 2.24) is 0 Å². The Kier molecular flexibility index (Phi) is 5.85. The lowest BCUT2D eigenvalue weighted by Crippen LogP contribution is -2.51. The molecule has 1 unspecified atom stereocenters. The van der Waals surface area contributed by atoms with Gasteiger partial charge in [0.2, 0.25) is 0 Å². The van der Waals surface area contributed by atoms with Crippen molar-refractivity contribution in [1.29, 1.82) is 0 Å². The van der Waals surface area contributed by atoms with Gasteiger partial charge < -0.3 is 4.74 Å². The second kappa shape index (κ2) is 7.15. The van der Waals surface area contributed by atoms with Gasteiger partial charge in [-0.3, -0.25) is 4.79 Å². The molecular weight excluding hydrogens is 284 g/mol. The summed E-state index contributed by atoms with van der Waals surface area (Å²) < 4.78 is 4.83. The Labute approximate surface area is 143 Å². The fourth-order valence-corrected chi connectivity index (χ4v) is 6.16. The number of carbonyl (C=O) groups excluding carboxylic acids is 1. The molecular formula is C21H38O2. The molecule has 0 aromatic rings. The summed E-state index contributed by atoms with van der Waals surface area (Å²) in [5.74, 6) is 2.91. The molecule has 0 aliphatic heterocycles. The summed E-state index contributed by atoms with van der Waals surface area (Å²) >= 11 is 0. The molecule has 0 N–H and O–H groups in total. The minimum atomic E-state index is -0.0583. The van der Waals surface area contributed by atoms with Gasteiger partial charge in [0.15, 0.2) is 0 Å². The minimum absolute atomic E-state index is 0.0583. The highest BCUT2D eigenvalue weighted by Crippen LogP contribution is 2.62. The molecule has 23 heavy (non-hydrogen) atoms. The van der Waals surface area contributed by atoms with E-state index in [0.29, 0.717) is 23.2 Å². The van der Waals surface area contributed by atoms with Crippen LogP contribution in [0.5, 0.6) is 0 Å². The topological polar surface area (TPSA) is 26.3 Å². The van der Waals surface area contributed by atoms with E-state index in [1.165, 1.54) is 45.6 Å². The first kappa shape index (κ1) is 18.8. The Hall–Kier alpha value is -0.530. The summed E-state index contributed by atoms with van der Waals surface area (Å²) in [6.45, 7) is 12.3. The van der Waals surface area contributed by atoms with E-state index in [2.05, 4.69) is 34.6 Å². The van der Waals surface area contributed by atoms with Crippen LogP contribution in [0.2, 0.25) is 0 Å². The van der Waals surface area contributed by atoms with Gasteiger partial charge in [-0.1, -0.05) is 47.5 Å². The molecule has 0 spiro atoms. The predicted octanol–water partition coefficient (Wildman–Crippen LogP) is 5.84. The molecule has 2 nitrogen and oxygen atoms in total. The van der Waals surface area contributed by atoms with Crippen LogP contribution in [-0.2, 0) is 9.53 Å². The molecule has 5 atom stereocenters. The quantitative estimate of drug-likeness (QED) is 0.594.